The summed E-state index contributed by atoms with van der Waals surface area (Å²) in [6.45, 7) is 12.1. The number of nitrogens with zero attached hydrogens (tertiary/aromatic N) is 1. The zero-order chi connectivity index (χ0) is 22.4. The lowest BCUT2D eigenvalue weighted by Crippen LogP contribution is -2.56. The Morgan fingerprint density at radius 3 is 2.57 bits per heavy atom. The van der Waals surface area contributed by atoms with Crippen LogP contribution in [0, 0.1) is 5.41 Å². The maximum absolute atomic E-state index is 13.0. The second-order valence-electron chi connectivity index (χ2n) is 10.1. The van der Waals surface area contributed by atoms with Gasteiger partial charge in [-0.2, -0.15) is 0 Å². The topological polar surface area (TPSA) is 59.0 Å². The highest BCUT2D eigenvalue weighted by molar-refractivity contribution is 9.09. The molecule has 0 radical (unpaired) electrons. The molecule has 0 aromatic heterocycles. The van der Waals surface area contributed by atoms with Gasteiger partial charge in [0.25, 0.3) is 0 Å². The number of carbonyl (C=O) groups excluding carboxylic acids is 1. The van der Waals surface area contributed by atoms with Crippen LogP contribution in [0.25, 0.3) is 0 Å². The molecule has 1 saturated heterocycles. The molecule has 3 atom stereocenters. The van der Waals surface area contributed by atoms with Gasteiger partial charge in [-0.25, -0.2) is 4.79 Å². The van der Waals surface area contributed by atoms with Gasteiger partial charge >= 0.3 is 6.09 Å². The first-order chi connectivity index (χ1) is 14.0. The van der Waals surface area contributed by atoms with Crippen LogP contribution in [0.15, 0.2) is 30.3 Å². The van der Waals surface area contributed by atoms with Crippen LogP contribution in [0.5, 0.6) is 0 Å². The molecule has 0 saturated carbocycles. The van der Waals surface area contributed by atoms with Gasteiger partial charge in [-0.3, -0.25) is 0 Å². The summed E-state index contributed by atoms with van der Waals surface area (Å²) < 4.78 is 12.3. The van der Waals surface area contributed by atoms with E-state index in [1.54, 1.807) is 4.90 Å². The van der Waals surface area contributed by atoms with Crippen molar-refractivity contribution in [3.05, 3.63) is 35.9 Å². The molecule has 5 nitrogen and oxygen atoms in total. The number of likely N-dealkylation sites (tertiary alicyclic amines) is 1. The second-order valence-corrected chi connectivity index (χ2v) is 14.9. The van der Waals surface area contributed by atoms with Crippen LogP contribution in [0.3, 0.4) is 0 Å². The lowest BCUT2D eigenvalue weighted by Gasteiger charge is -2.44. The maximum atomic E-state index is 13.0. The van der Waals surface area contributed by atoms with Crippen molar-refractivity contribution in [3.63, 3.8) is 0 Å². The van der Waals surface area contributed by atoms with Crippen LogP contribution in [0.4, 0.5) is 4.79 Å². The third kappa shape index (κ3) is 8.33. The van der Waals surface area contributed by atoms with Crippen molar-refractivity contribution in [1.29, 1.82) is 0 Å². The third-order valence-electron chi connectivity index (χ3n) is 5.27. The first kappa shape index (κ1) is 25.4. The zero-order valence-electron chi connectivity index (χ0n) is 19.1. The Balaban J connectivity index is 2.12. The van der Waals surface area contributed by atoms with E-state index in [9.17, 15) is 9.90 Å². The van der Waals surface area contributed by atoms with Crippen molar-refractivity contribution in [3.8, 4) is 0 Å². The zero-order valence-corrected chi connectivity index (χ0v) is 21.7. The van der Waals surface area contributed by atoms with E-state index in [1.807, 2.05) is 30.3 Å². The molecule has 30 heavy (non-hydrogen) atoms. The van der Waals surface area contributed by atoms with Crippen LogP contribution in [-0.4, -0.2) is 54.5 Å². The third-order valence-corrected chi connectivity index (χ3v) is 8.88. The highest BCUT2D eigenvalue weighted by atomic mass is 79.9. The Kier molecular flexibility index (Phi) is 9.40. The van der Waals surface area contributed by atoms with Crippen LogP contribution in [0.1, 0.15) is 45.6 Å². The molecule has 1 N–H and O–H groups in total. The van der Waals surface area contributed by atoms with Crippen molar-refractivity contribution in [2.75, 3.05) is 11.9 Å². The van der Waals surface area contributed by atoms with Crippen molar-refractivity contribution in [2.24, 2.45) is 5.41 Å². The molecule has 1 aromatic rings. The number of amides is 1. The summed E-state index contributed by atoms with van der Waals surface area (Å²) in [6.07, 6.45) is 1.34. The van der Waals surface area contributed by atoms with Crippen molar-refractivity contribution >= 4 is 30.3 Å². The van der Waals surface area contributed by atoms with Gasteiger partial charge in [0, 0.05) is 11.9 Å². The number of aliphatic hydroxyl groups is 1. The molecule has 0 spiro atoms. The maximum Gasteiger partial charge on any atom is 0.410 e. The van der Waals surface area contributed by atoms with Gasteiger partial charge in [0.15, 0.2) is 8.32 Å². The fourth-order valence-corrected chi connectivity index (χ4v) is 8.53. The number of carbonyl (C=O) groups is 1. The van der Waals surface area contributed by atoms with Gasteiger partial charge in [0.2, 0.25) is 0 Å². The Bertz CT molecular complexity index is 665. The van der Waals surface area contributed by atoms with E-state index in [1.165, 1.54) is 0 Å². The van der Waals surface area contributed by atoms with E-state index < -0.39 is 14.4 Å². The molecule has 1 aromatic carbocycles. The largest absolute Gasteiger partial charge is 0.445 e. The minimum atomic E-state index is -1.94. The average Bonchev–Trinajstić information content (AvgIpc) is 2.65. The van der Waals surface area contributed by atoms with E-state index in [0.29, 0.717) is 18.3 Å². The summed E-state index contributed by atoms with van der Waals surface area (Å²) in [5, 5.41) is 10.8. The Morgan fingerprint density at radius 2 is 1.97 bits per heavy atom. The number of halogens is 1. The summed E-state index contributed by atoms with van der Waals surface area (Å²) in [6, 6.07) is 10.6. The van der Waals surface area contributed by atoms with Gasteiger partial charge in [-0.1, -0.05) is 67.0 Å². The van der Waals surface area contributed by atoms with E-state index in [0.717, 1.165) is 24.4 Å². The summed E-state index contributed by atoms with van der Waals surface area (Å²) in [5.74, 6) is 0. The Morgan fingerprint density at radius 1 is 1.30 bits per heavy atom. The number of alkyl halides is 1. The lowest BCUT2D eigenvalue weighted by molar-refractivity contribution is -0.00680. The van der Waals surface area contributed by atoms with Gasteiger partial charge < -0.3 is 19.2 Å². The van der Waals surface area contributed by atoms with Gasteiger partial charge in [-0.05, 0) is 49.4 Å². The van der Waals surface area contributed by atoms with Crippen LogP contribution >= 0.6 is 15.9 Å². The summed E-state index contributed by atoms with van der Waals surface area (Å²) in [4.78, 5) is 14.7. The number of benzene rings is 1. The molecule has 1 heterocycles. The molecule has 1 unspecified atom stereocenters. The minimum absolute atomic E-state index is 0.0688. The smallest absolute Gasteiger partial charge is 0.410 e. The molecule has 1 aliphatic rings. The van der Waals surface area contributed by atoms with Gasteiger partial charge in [-0.15, -0.1) is 0 Å². The Labute approximate surface area is 191 Å². The summed E-state index contributed by atoms with van der Waals surface area (Å²) in [7, 11) is -1.94. The van der Waals surface area contributed by atoms with Crippen molar-refractivity contribution in [2.45, 2.75) is 84.0 Å². The summed E-state index contributed by atoms with van der Waals surface area (Å²) in [5.41, 5.74) is 1.16. The van der Waals surface area contributed by atoms with E-state index in [4.69, 9.17) is 9.16 Å². The molecular weight excluding hydrogens is 462 g/mol. The molecule has 1 aliphatic heterocycles. The monoisotopic (exact) mass is 499 g/mol. The molecule has 2 rings (SSSR count). The number of hydrogen-bond acceptors (Lipinski definition) is 4. The molecule has 1 fully saturated rings. The van der Waals surface area contributed by atoms with Crippen molar-refractivity contribution in [1.82, 2.24) is 4.90 Å². The van der Waals surface area contributed by atoms with Crippen LogP contribution in [-0.2, 0) is 15.8 Å². The second kappa shape index (κ2) is 11.1. The number of hydrogen-bond donors (Lipinski definition) is 1. The molecular formula is C23H38BrNO4Si. The van der Waals surface area contributed by atoms with Crippen molar-refractivity contribution < 1.29 is 19.1 Å². The molecule has 7 heteroatoms. The number of piperidine rings is 1. The Hall–Kier alpha value is -0.893. The van der Waals surface area contributed by atoms with Crippen LogP contribution < -0.4 is 0 Å². The number of ether oxygens (including phenoxy) is 1. The van der Waals surface area contributed by atoms with E-state index >= 15 is 0 Å². The summed E-state index contributed by atoms with van der Waals surface area (Å²) >= 11 is 3.36. The number of rotatable bonds is 8. The molecule has 0 bridgehead atoms. The predicted octanol–water partition coefficient (Wildman–Crippen LogP) is 5.57. The molecule has 170 valence electrons. The first-order valence-electron chi connectivity index (χ1n) is 10.9. The molecule has 1 amide bonds. The SMILES string of the molecule is CC(C)(C)C[Si](C)(C)O[C@H]1CCCN(C(=O)OCc2ccccc2)[C@@H]1CC(O)CBr. The van der Waals surface area contributed by atoms with Gasteiger partial charge in [0.05, 0.1) is 18.2 Å². The lowest BCUT2D eigenvalue weighted by atomic mass is 9.95. The highest BCUT2D eigenvalue weighted by Crippen LogP contribution is 2.33. The quantitative estimate of drug-likeness (QED) is 0.375. The molecule has 0 aliphatic carbocycles. The fourth-order valence-electron chi connectivity index (χ4n) is 4.54. The normalized spacial score (nSPS) is 21.4. The van der Waals surface area contributed by atoms with Crippen LogP contribution in [0.2, 0.25) is 19.1 Å². The standard InChI is InChI=1S/C23H38BrNO4Si/c1-23(2,3)17-30(4,5)29-21-12-9-13-25(20(21)14-19(26)15-24)22(27)28-16-18-10-7-6-8-11-18/h6-8,10-11,19-21,26H,9,12-17H2,1-5H3/t19?,20-,21+/m1/s1. The minimum Gasteiger partial charge on any atom is -0.445 e. The average molecular weight is 501 g/mol. The highest BCUT2D eigenvalue weighted by Gasteiger charge is 2.41. The van der Waals surface area contributed by atoms with E-state index in [2.05, 4.69) is 49.8 Å². The first-order valence-corrected chi connectivity index (χ1v) is 15.1. The van der Waals surface area contributed by atoms with E-state index in [-0.39, 0.29) is 30.3 Å². The predicted molar refractivity (Wildman–Crippen MR) is 127 cm³/mol. The number of aliphatic hydroxyl groups excluding tert-OH is 1. The van der Waals surface area contributed by atoms with Gasteiger partial charge in [0.1, 0.15) is 6.61 Å². The fraction of sp³-hybridized carbons (Fsp3) is 0.696.